The summed E-state index contributed by atoms with van der Waals surface area (Å²) in [6.07, 6.45) is 0.266. The minimum atomic E-state index is -3.51. The van der Waals surface area contributed by atoms with E-state index >= 15 is 0 Å². The van der Waals surface area contributed by atoms with Crippen LogP contribution in [0.15, 0.2) is 24.3 Å². The van der Waals surface area contributed by atoms with Crippen molar-refractivity contribution in [3.05, 3.63) is 35.4 Å². The fourth-order valence-electron chi connectivity index (χ4n) is 2.44. The molecule has 1 aliphatic rings. The summed E-state index contributed by atoms with van der Waals surface area (Å²) in [6.45, 7) is 2.99. The number of nitrogens with zero attached hydrogens (tertiary/aromatic N) is 1. The van der Waals surface area contributed by atoms with E-state index in [-0.39, 0.29) is 24.0 Å². The van der Waals surface area contributed by atoms with Gasteiger partial charge < -0.3 is 4.90 Å². The number of hydrogen-bond donors (Lipinski definition) is 1. The zero-order chi connectivity index (χ0) is 14.0. The standard InChI is InChI=1S/C13H18N2O3S/c1-10-4-2-3-5-12(10)8-15-7-11(6-13(15)16)9-19(14,17)18/h2-5,11H,6-9H2,1H3,(H2,14,17,18). The monoisotopic (exact) mass is 282 g/mol. The molecule has 1 fully saturated rings. The third kappa shape index (κ3) is 3.78. The van der Waals surface area contributed by atoms with Crippen LogP contribution in [-0.2, 0) is 21.4 Å². The molecule has 1 amide bonds. The molecular weight excluding hydrogens is 264 g/mol. The minimum Gasteiger partial charge on any atom is -0.338 e. The summed E-state index contributed by atoms with van der Waals surface area (Å²) in [4.78, 5) is 13.6. The Morgan fingerprint density at radius 3 is 2.68 bits per heavy atom. The van der Waals surface area contributed by atoms with Gasteiger partial charge >= 0.3 is 0 Å². The maximum absolute atomic E-state index is 11.9. The quantitative estimate of drug-likeness (QED) is 0.879. The maximum atomic E-state index is 11.9. The highest BCUT2D eigenvalue weighted by Gasteiger charge is 2.31. The highest BCUT2D eigenvalue weighted by Crippen LogP contribution is 2.22. The molecule has 0 radical (unpaired) electrons. The van der Waals surface area contributed by atoms with E-state index in [9.17, 15) is 13.2 Å². The molecule has 19 heavy (non-hydrogen) atoms. The van der Waals surface area contributed by atoms with Gasteiger partial charge in [0.1, 0.15) is 0 Å². The molecule has 2 rings (SSSR count). The minimum absolute atomic E-state index is 0.00287. The average Bonchev–Trinajstić information content (AvgIpc) is 2.60. The fourth-order valence-corrected chi connectivity index (χ4v) is 3.32. The van der Waals surface area contributed by atoms with Crippen LogP contribution in [0, 0.1) is 12.8 Å². The molecule has 1 heterocycles. The van der Waals surface area contributed by atoms with E-state index < -0.39 is 10.0 Å². The van der Waals surface area contributed by atoms with Crippen LogP contribution < -0.4 is 5.14 Å². The van der Waals surface area contributed by atoms with E-state index in [1.165, 1.54) is 0 Å². The van der Waals surface area contributed by atoms with Crippen LogP contribution in [0.1, 0.15) is 17.5 Å². The van der Waals surface area contributed by atoms with Gasteiger partial charge in [-0.15, -0.1) is 0 Å². The second kappa shape index (κ2) is 5.30. The van der Waals surface area contributed by atoms with Gasteiger partial charge in [0.15, 0.2) is 0 Å². The topological polar surface area (TPSA) is 80.5 Å². The highest BCUT2D eigenvalue weighted by atomic mass is 32.2. The SMILES string of the molecule is Cc1ccccc1CN1CC(CS(N)(=O)=O)CC1=O. The third-order valence-electron chi connectivity index (χ3n) is 3.39. The Bertz CT molecular complexity index is 583. The summed E-state index contributed by atoms with van der Waals surface area (Å²) in [7, 11) is -3.51. The number of hydrogen-bond acceptors (Lipinski definition) is 3. The van der Waals surface area contributed by atoms with Crippen LogP contribution in [0.2, 0.25) is 0 Å². The number of likely N-dealkylation sites (tertiary alicyclic amines) is 1. The second-order valence-corrected chi connectivity index (χ2v) is 6.76. The van der Waals surface area contributed by atoms with Crippen LogP contribution in [0.4, 0.5) is 0 Å². The number of carbonyl (C=O) groups excluding carboxylic acids is 1. The van der Waals surface area contributed by atoms with Gasteiger partial charge in [0.25, 0.3) is 0 Å². The fraction of sp³-hybridized carbons (Fsp3) is 0.462. The predicted octanol–water partition coefficient (Wildman–Crippen LogP) is 0.632. The molecular formula is C13H18N2O3S. The van der Waals surface area contributed by atoms with Gasteiger partial charge in [-0.1, -0.05) is 24.3 Å². The number of benzene rings is 1. The Balaban J connectivity index is 2.03. The molecule has 104 valence electrons. The van der Waals surface area contributed by atoms with Crippen molar-refractivity contribution in [1.29, 1.82) is 0 Å². The zero-order valence-electron chi connectivity index (χ0n) is 10.9. The first-order valence-corrected chi connectivity index (χ1v) is 7.89. The maximum Gasteiger partial charge on any atom is 0.223 e. The van der Waals surface area contributed by atoms with E-state index in [1.807, 2.05) is 31.2 Å². The molecule has 6 heteroatoms. The van der Waals surface area contributed by atoms with E-state index in [1.54, 1.807) is 4.90 Å². The first-order valence-electron chi connectivity index (χ1n) is 6.18. The van der Waals surface area contributed by atoms with Gasteiger partial charge in [0.2, 0.25) is 15.9 Å². The number of aryl methyl sites for hydroxylation is 1. The summed E-state index contributed by atoms with van der Waals surface area (Å²) in [5.41, 5.74) is 2.22. The lowest BCUT2D eigenvalue weighted by molar-refractivity contribution is -0.128. The Hall–Kier alpha value is -1.40. The predicted molar refractivity (Wildman–Crippen MR) is 72.7 cm³/mol. The zero-order valence-corrected chi connectivity index (χ0v) is 11.7. The lowest BCUT2D eigenvalue weighted by Gasteiger charge is -2.17. The van der Waals surface area contributed by atoms with Crippen molar-refractivity contribution in [1.82, 2.24) is 4.90 Å². The second-order valence-electron chi connectivity index (χ2n) is 5.10. The summed E-state index contributed by atoms with van der Waals surface area (Å²) in [5, 5.41) is 5.03. The Morgan fingerprint density at radius 2 is 2.05 bits per heavy atom. The smallest absolute Gasteiger partial charge is 0.223 e. The van der Waals surface area contributed by atoms with Crippen molar-refractivity contribution >= 4 is 15.9 Å². The van der Waals surface area contributed by atoms with Crippen molar-refractivity contribution in [3.63, 3.8) is 0 Å². The number of carbonyl (C=O) groups is 1. The molecule has 0 spiro atoms. The number of rotatable bonds is 4. The van der Waals surface area contributed by atoms with Gasteiger partial charge in [-0.25, -0.2) is 13.6 Å². The van der Waals surface area contributed by atoms with E-state index in [4.69, 9.17) is 5.14 Å². The number of amides is 1. The van der Waals surface area contributed by atoms with Gasteiger partial charge in [0.05, 0.1) is 5.75 Å². The highest BCUT2D eigenvalue weighted by molar-refractivity contribution is 7.89. The Morgan fingerprint density at radius 1 is 1.37 bits per heavy atom. The third-order valence-corrected chi connectivity index (χ3v) is 4.32. The van der Waals surface area contributed by atoms with Gasteiger partial charge in [0, 0.05) is 25.4 Å². The van der Waals surface area contributed by atoms with Crippen LogP contribution in [0.3, 0.4) is 0 Å². The molecule has 1 aromatic rings. The number of sulfonamides is 1. The van der Waals surface area contributed by atoms with Crippen LogP contribution in [-0.4, -0.2) is 31.5 Å². The summed E-state index contributed by atoms with van der Waals surface area (Å²) >= 11 is 0. The molecule has 0 aromatic heterocycles. The Kier molecular flexibility index (Phi) is 3.91. The molecule has 1 aromatic carbocycles. The average molecular weight is 282 g/mol. The molecule has 1 unspecified atom stereocenters. The molecule has 0 saturated carbocycles. The number of nitrogens with two attached hydrogens (primary N) is 1. The van der Waals surface area contributed by atoms with Gasteiger partial charge in [-0.3, -0.25) is 4.79 Å². The van der Waals surface area contributed by atoms with Crippen molar-refractivity contribution in [2.75, 3.05) is 12.3 Å². The Labute approximate surface area is 113 Å². The summed E-state index contributed by atoms with van der Waals surface area (Å²) in [6, 6.07) is 7.87. The molecule has 0 aliphatic carbocycles. The largest absolute Gasteiger partial charge is 0.338 e. The molecule has 1 saturated heterocycles. The number of primary sulfonamides is 1. The van der Waals surface area contributed by atoms with Crippen LogP contribution in [0.5, 0.6) is 0 Å². The summed E-state index contributed by atoms with van der Waals surface area (Å²) < 4.78 is 22.1. The van der Waals surface area contributed by atoms with Gasteiger partial charge in [-0.05, 0) is 18.1 Å². The summed E-state index contributed by atoms with van der Waals surface area (Å²) in [5.74, 6) is -0.313. The van der Waals surface area contributed by atoms with Crippen molar-refractivity contribution < 1.29 is 13.2 Å². The molecule has 1 aliphatic heterocycles. The molecule has 5 nitrogen and oxygen atoms in total. The lowest BCUT2D eigenvalue weighted by atomic mass is 10.1. The van der Waals surface area contributed by atoms with Crippen LogP contribution in [0.25, 0.3) is 0 Å². The van der Waals surface area contributed by atoms with Crippen LogP contribution >= 0.6 is 0 Å². The molecule has 1 atom stereocenters. The first kappa shape index (κ1) is 14.0. The van der Waals surface area contributed by atoms with Crippen molar-refractivity contribution in [2.24, 2.45) is 11.1 Å². The van der Waals surface area contributed by atoms with E-state index in [0.29, 0.717) is 13.1 Å². The van der Waals surface area contributed by atoms with Crippen molar-refractivity contribution in [3.8, 4) is 0 Å². The molecule has 2 N–H and O–H groups in total. The van der Waals surface area contributed by atoms with Gasteiger partial charge in [-0.2, -0.15) is 0 Å². The molecule has 0 bridgehead atoms. The van der Waals surface area contributed by atoms with E-state index in [0.717, 1.165) is 11.1 Å². The first-order chi connectivity index (χ1) is 8.85. The lowest BCUT2D eigenvalue weighted by Crippen LogP contribution is -2.27. The normalized spacial score (nSPS) is 20.0. The van der Waals surface area contributed by atoms with Crippen molar-refractivity contribution in [2.45, 2.75) is 19.9 Å². The van der Waals surface area contributed by atoms with E-state index in [2.05, 4.69) is 0 Å².